The minimum absolute atomic E-state index is 0.270. The zero-order valence-electron chi connectivity index (χ0n) is 13.5. The summed E-state index contributed by atoms with van der Waals surface area (Å²) >= 11 is 0. The van der Waals surface area contributed by atoms with Crippen molar-refractivity contribution in [2.75, 3.05) is 12.4 Å². The number of carbonyl (C=O) groups is 1. The third kappa shape index (κ3) is 3.03. The summed E-state index contributed by atoms with van der Waals surface area (Å²) in [5.41, 5.74) is 2.88. The van der Waals surface area contributed by atoms with Crippen LogP contribution in [-0.2, 0) is 9.63 Å². The first-order valence-corrected chi connectivity index (χ1v) is 7.84. The molecule has 25 heavy (non-hydrogen) atoms. The molecule has 2 heterocycles. The fourth-order valence-electron chi connectivity index (χ4n) is 2.76. The van der Waals surface area contributed by atoms with Crippen molar-refractivity contribution in [3.8, 4) is 5.75 Å². The second-order valence-electron chi connectivity index (χ2n) is 5.74. The molecule has 1 aliphatic rings. The van der Waals surface area contributed by atoms with Crippen molar-refractivity contribution in [2.24, 2.45) is 5.16 Å². The molecule has 7 nitrogen and oxygen atoms in total. The van der Waals surface area contributed by atoms with Crippen LogP contribution < -0.4 is 10.1 Å². The summed E-state index contributed by atoms with van der Waals surface area (Å²) < 4.78 is 5.22. The number of aromatic amines is 1. The van der Waals surface area contributed by atoms with Gasteiger partial charge in [0.15, 0.2) is 6.10 Å². The molecule has 4 rings (SSSR count). The third-order valence-electron chi connectivity index (χ3n) is 4.09. The SMILES string of the molecule is COc1cccc(C2CC(C(=O)Nc3ccc4[nH]ncc4c3)=NO2)c1. The van der Waals surface area contributed by atoms with Crippen LogP contribution in [0.25, 0.3) is 10.9 Å². The maximum Gasteiger partial charge on any atom is 0.273 e. The molecule has 0 saturated carbocycles. The molecule has 0 spiro atoms. The van der Waals surface area contributed by atoms with E-state index >= 15 is 0 Å². The van der Waals surface area contributed by atoms with E-state index in [0.29, 0.717) is 17.8 Å². The average molecular weight is 336 g/mol. The van der Waals surface area contributed by atoms with Gasteiger partial charge in [-0.05, 0) is 35.9 Å². The number of carbonyl (C=O) groups excluding carboxylic acids is 1. The number of aromatic nitrogens is 2. The summed E-state index contributed by atoms with van der Waals surface area (Å²) in [6.07, 6.45) is 1.83. The highest BCUT2D eigenvalue weighted by atomic mass is 16.6. The largest absolute Gasteiger partial charge is 0.497 e. The van der Waals surface area contributed by atoms with Gasteiger partial charge in [0.05, 0.1) is 18.8 Å². The van der Waals surface area contributed by atoms with E-state index in [9.17, 15) is 4.79 Å². The summed E-state index contributed by atoms with van der Waals surface area (Å²) in [6, 6.07) is 13.1. The Hall–Kier alpha value is -3.35. The van der Waals surface area contributed by atoms with E-state index in [0.717, 1.165) is 22.2 Å². The van der Waals surface area contributed by atoms with Gasteiger partial charge in [-0.2, -0.15) is 5.10 Å². The highest BCUT2D eigenvalue weighted by molar-refractivity contribution is 6.43. The number of hydrogen-bond acceptors (Lipinski definition) is 5. The van der Waals surface area contributed by atoms with Gasteiger partial charge < -0.3 is 14.9 Å². The number of oxime groups is 1. The van der Waals surface area contributed by atoms with Crippen molar-refractivity contribution in [1.29, 1.82) is 0 Å². The van der Waals surface area contributed by atoms with Crippen LogP contribution >= 0.6 is 0 Å². The van der Waals surface area contributed by atoms with Crippen LogP contribution in [0, 0.1) is 0 Å². The lowest BCUT2D eigenvalue weighted by atomic mass is 10.0. The van der Waals surface area contributed by atoms with Crippen LogP contribution in [0.15, 0.2) is 53.8 Å². The lowest BCUT2D eigenvalue weighted by Gasteiger charge is -2.09. The van der Waals surface area contributed by atoms with E-state index in [1.54, 1.807) is 13.3 Å². The molecule has 1 amide bonds. The molecule has 0 bridgehead atoms. The van der Waals surface area contributed by atoms with Gasteiger partial charge in [-0.1, -0.05) is 17.3 Å². The van der Waals surface area contributed by atoms with Gasteiger partial charge in [-0.25, -0.2) is 0 Å². The van der Waals surface area contributed by atoms with Crippen molar-refractivity contribution in [3.05, 3.63) is 54.2 Å². The molecule has 1 aliphatic heterocycles. The summed E-state index contributed by atoms with van der Waals surface area (Å²) in [6.45, 7) is 0. The number of rotatable bonds is 4. The number of ether oxygens (including phenoxy) is 1. The fraction of sp³-hybridized carbons (Fsp3) is 0.167. The molecular weight excluding hydrogens is 320 g/mol. The lowest BCUT2D eigenvalue weighted by Crippen LogP contribution is -2.21. The molecule has 2 aromatic carbocycles. The highest BCUT2D eigenvalue weighted by Crippen LogP contribution is 2.29. The Morgan fingerprint density at radius 3 is 3.12 bits per heavy atom. The standard InChI is InChI=1S/C18H16N4O3/c1-24-14-4-2-3-11(8-14)17-9-16(22-25-17)18(23)20-13-5-6-15-12(7-13)10-19-21-15/h2-8,10,17H,9H2,1H3,(H,19,21)(H,20,23). The average Bonchev–Trinajstić information content (AvgIpc) is 3.31. The number of H-pyrrole nitrogens is 1. The number of amides is 1. The molecule has 0 aliphatic carbocycles. The van der Waals surface area contributed by atoms with Crippen molar-refractivity contribution < 1.29 is 14.4 Å². The quantitative estimate of drug-likeness (QED) is 0.766. The first-order valence-electron chi connectivity index (χ1n) is 7.84. The van der Waals surface area contributed by atoms with E-state index < -0.39 is 0 Å². The van der Waals surface area contributed by atoms with Crippen molar-refractivity contribution in [2.45, 2.75) is 12.5 Å². The Balaban J connectivity index is 1.44. The molecule has 1 unspecified atom stereocenters. The Bertz CT molecular complexity index is 964. The molecule has 2 N–H and O–H groups in total. The normalized spacial score (nSPS) is 16.4. The molecule has 7 heteroatoms. The van der Waals surface area contributed by atoms with E-state index in [1.165, 1.54) is 0 Å². The van der Waals surface area contributed by atoms with Crippen LogP contribution in [0.2, 0.25) is 0 Å². The van der Waals surface area contributed by atoms with Crippen molar-refractivity contribution >= 4 is 28.2 Å². The molecule has 126 valence electrons. The monoisotopic (exact) mass is 336 g/mol. The van der Waals surface area contributed by atoms with Crippen LogP contribution in [0.4, 0.5) is 5.69 Å². The smallest absolute Gasteiger partial charge is 0.273 e. The third-order valence-corrected chi connectivity index (χ3v) is 4.09. The summed E-state index contributed by atoms with van der Waals surface area (Å²) in [4.78, 5) is 17.8. The van der Waals surface area contributed by atoms with Gasteiger partial charge in [0.1, 0.15) is 11.5 Å². The molecule has 0 fully saturated rings. The van der Waals surface area contributed by atoms with E-state index in [4.69, 9.17) is 9.57 Å². The zero-order valence-corrected chi connectivity index (χ0v) is 13.5. The molecule has 1 aromatic heterocycles. The van der Waals surface area contributed by atoms with Crippen LogP contribution in [-0.4, -0.2) is 28.9 Å². The van der Waals surface area contributed by atoms with Gasteiger partial charge in [-0.15, -0.1) is 0 Å². The van der Waals surface area contributed by atoms with E-state index in [1.807, 2.05) is 42.5 Å². The van der Waals surface area contributed by atoms with Gasteiger partial charge in [0, 0.05) is 17.5 Å². The second-order valence-corrected chi connectivity index (χ2v) is 5.74. The number of nitrogens with zero attached hydrogens (tertiary/aromatic N) is 2. The predicted octanol–water partition coefficient (Wildman–Crippen LogP) is 3.03. The minimum atomic E-state index is -0.285. The minimum Gasteiger partial charge on any atom is -0.497 e. The van der Waals surface area contributed by atoms with Gasteiger partial charge in [0.2, 0.25) is 0 Å². The Kier molecular flexibility index (Phi) is 3.81. The number of fused-ring (bicyclic) bond motifs is 1. The first-order chi connectivity index (χ1) is 12.2. The highest BCUT2D eigenvalue weighted by Gasteiger charge is 2.27. The number of benzene rings is 2. The molecule has 0 saturated heterocycles. The lowest BCUT2D eigenvalue weighted by molar-refractivity contribution is -0.110. The van der Waals surface area contributed by atoms with E-state index in [2.05, 4.69) is 20.7 Å². The Morgan fingerprint density at radius 2 is 2.24 bits per heavy atom. The molecular formula is C18H16N4O3. The van der Waals surface area contributed by atoms with Crippen LogP contribution in [0.3, 0.4) is 0 Å². The summed E-state index contributed by atoms with van der Waals surface area (Å²) in [5.74, 6) is 0.473. The number of methoxy groups -OCH3 is 1. The Morgan fingerprint density at radius 1 is 1.32 bits per heavy atom. The van der Waals surface area contributed by atoms with Crippen LogP contribution in [0.5, 0.6) is 5.75 Å². The second kappa shape index (κ2) is 6.27. The Labute approximate surface area is 143 Å². The maximum absolute atomic E-state index is 12.4. The topological polar surface area (TPSA) is 88.6 Å². The number of hydrogen-bond donors (Lipinski definition) is 2. The maximum atomic E-state index is 12.4. The molecule has 0 radical (unpaired) electrons. The number of anilines is 1. The zero-order chi connectivity index (χ0) is 17.2. The summed E-state index contributed by atoms with van der Waals surface area (Å²) in [7, 11) is 1.61. The van der Waals surface area contributed by atoms with Gasteiger partial charge in [-0.3, -0.25) is 9.89 Å². The van der Waals surface area contributed by atoms with Gasteiger partial charge in [0.25, 0.3) is 5.91 Å². The van der Waals surface area contributed by atoms with Crippen molar-refractivity contribution in [1.82, 2.24) is 10.2 Å². The fourth-order valence-corrected chi connectivity index (χ4v) is 2.76. The molecule has 1 atom stereocenters. The number of nitrogens with one attached hydrogen (secondary N) is 2. The van der Waals surface area contributed by atoms with Gasteiger partial charge >= 0.3 is 0 Å². The van der Waals surface area contributed by atoms with Crippen LogP contribution in [0.1, 0.15) is 18.1 Å². The first kappa shape index (κ1) is 15.2. The van der Waals surface area contributed by atoms with Crippen molar-refractivity contribution in [3.63, 3.8) is 0 Å². The molecule has 3 aromatic rings. The summed E-state index contributed by atoms with van der Waals surface area (Å²) in [5, 5.41) is 14.6. The van der Waals surface area contributed by atoms with E-state index in [-0.39, 0.29) is 12.0 Å². The predicted molar refractivity (Wildman–Crippen MR) is 93.6 cm³/mol.